The second kappa shape index (κ2) is 8.82. The van der Waals surface area contributed by atoms with E-state index in [2.05, 4.69) is 0 Å². The predicted octanol–water partition coefficient (Wildman–Crippen LogP) is 2.40. The molecule has 27 heavy (non-hydrogen) atoms. The standard InChI is InChI=1S/C20H28N2O5/c1-25-20(26-2,22-13-6-10-17(22)14-23)18-11-7-12-21(18)19(24)27-15-16-8-4-3-5-9-16/h3-5,8-9,14,17-18H,6-7,10-13,15H2,1-2H3. The van der Waals surface area contributed by atoms with Crippen molar-refractivity contribution in [2.45, 2.75) is 50.3 Å². The maximum Gasteiger partial charge on any atom is 0.410 e. The molecular weight excluding hydrogens is 348 g/mol. The molecule has 1 aromatic rings. The number of methoxy groups -OCH3 is 2. The van der Waals surface area contributed by atoms with E-state index < -0.39 is 5.91 Å². The zero-order chi connectivity index (χ0) is 19.3. The highest BCUT2D eigenvalue weighted by Gasteiger charge is 2.54. The lowest BCUT2D eigenvalue weighted by atomic mass is 10.1. The minimum atomic E-state index is -1.15. The van der Waals surface area contributed by atoms with Gasteiger partial charge in [0.15, 0.2) is 0 Å². The molecule has 0 spiro atoms. The van der Waals surface area contributed by atoms with Crippen LogP contribution in [-0.4, -0.2) is 67.5 Å². The smallest absolute Gasteiger partial charge is 0.410 e. The molecule has 0 saturated carbocycles. The minimum Gasteiger partial charge on any atom is -0.445 e. The second-order valence-corrected chi connectivity index (χ2v) is 6.97. The maximum absolute atomic E-state index is 12.8. The van der Waals surface area contributed by atoms with Crippen molar-refractivity contribution in [3.8, 4) is 0 Å². The number of nitrogens with zero attached hydrogens (tertiary/aromatic N) is 2. The van der Waals surface area contributed by atoms with Gasteiger partial charge in [0, 0.05) is 27.3 Å². The average Bonchev–Trinajstić information content (AvgIpc) is 3.39. The van der Waals surface area contributed by atoms with Crippen LogP contribution in [0.3, 0.4) is 0 Å². The van der Waals surface area contributed by atoms with E-state index in [1.807, 2.05) is 35.2 Å². The molecule has 2 saturated heterocycles. The van der Waals surface area contributed by atoms with Crippen LogP contribution in [0, 0.1) is 0 Å². The molecule has 2 fully saturated rings. The summed E-state index contributed by atoms with van der Waals surface area (Å²) in [6.45, 7) is 1.48. The van der Waals surface area contributed by atoms with Crippen LogP contribution in [0.2, 0.25) is 0 Å². The summed E-state index contributed by atoms with van der Waals surface area (Å²) in [5, 5.41) is 0. The first-order valence-electron chi connectivity index (χ1n) is 9.46. The highest BCUT2D eigenvalue weighted by atomic mass is 16.7. The monoisotopic (exact) mass is 376 g/mol. The maximum atomic E-state index is 12.8. The van der Waals surface area contributed by atoms with Gasteiger partial charge in [0.25, 0.3) is 5.91 Å². The fourth-order valence-corrected chi connectivity index (χ4v) is 4.27. The minimum absolute atomic E-state index is 0.219. The number of rotatable bonds is 7. The van der Waals surface area contributed by atoms with Gasteiger partial charge in [-0.1, -0.05) is 30.3 Å². The molecule has 0 aliphatic carbocycles. The van der Waals surface area contributed by atoms with Gasteiger partial charge in [0.1, 0.15) is 18.9 Å². The van der Waals surface area contributed by atoms with Gasteiger partial charge in [0.2, 0.25) is 0 Å². The van der Waals surface area contributed by atoms with Crippen molar-refractivity contribution in [2.24, 2.45) is 0 Å². The van der Waals surface area contributed by atoms with Crippen LogP contribution < -0.4 is 0 Å². The van der Waals surface area contributed by atoms with E-state index >= 15 is 0 Å². The topological polar surface area (TPSA) is 68.3 Å². The quantitative estimate of drug-likeness (QED) is 0.538. The number of likely N-dealkylation sites (tertiary alicyclic amines) is 2. The van der Waals surface area contributed by atoms with Gasteiger partial charge in [-0.25, -0.2) is 9.69 Å². The molecule has 2 unspecified atom stereocenters. The molecule has 2 aliphatic heterocycles. The Morgan fingerprint density at radius 1 is 1.15 bits per heavy atom. The molecule has 148 valence electrons. The molecule has 2 atom stereocenters. The number of amides is 1. The Labute approximate surface area is 160 Å². The van der Waals surface area contributed by atoms with Crippen LogP contribution in [-0.2, 0) is 25.6 Å². The average molecular weight is 376 g/mol. The van der Waals surface area contributed by atoms with Crippen molar-refractivity contribution < 1.29 is 23.8 Å². The summed E-state index contributed by atoms with van der Waals surface area (Å²) in [7, 11) is 3.13. The molecule has 0 radical (unpaired) electrons. The van der Waals surface area contributed by atoms with E-state index in [-0.39, 0.29) is 24.8 Å². The molecule has 1 aromatic carbocycles. The van der Waals surface area contributed by atoms with Gasteiger partial charge in [-0.2, -0.15) is 0 Å². The zero-order valence-electron chi connectivity index (χ0n) is 16.0. The first kappa shape index (κ1) is 19.8. The second-order valence-electron chi connectivity index (χ2n) is 6.97. The Kier molecular flexibility index (Phi) is 6.46. The fraction of sp³-hybridized carbons (Fsp3) is 0.600. The number of carbonyl (C=O) groups is 2. The normalized spacial score (nSPS) is 23.6. The summed E-state index contributed by atoms with van der Waals surface area (Å²) in [5.41, 5.74) is 0.937. The number of ether oxygens (including phenoxy) is 3. The zero-order valence-corrected chi connectivity index (χ0v) is 16.0. The van der Waals surface area contributed by atoms with Gasteiger partial charge in [-0.3, -0.25) is 4.90 Å². The molecule has 3 rings (SSSR count). The summed E-state index contributed by atoms with van der Waals surface area (Å²) >= 11 is 0. The van der Waals surface area contributed by atoms with Gasteiger partial charge >= 0.3 is 6.09 Å². The molecule has 0 bridgehead atoms. The van der Waals surface area contributed by atoms with Gasteiger partial charge in [0.05, 0.1) is 6.04 Å². The Morgan fingerprint density at radius 2 is 1.85 bits per heavy atom. The van der Waals surface area contributed by atoms with Crippen LogP contribution in [0.25, 0.3) is 0 Å². The lowest BCUT2D eigenvalue weighted by Gasteiger charge is -2.46. The van der Waals surface area contributed by atoms with Gasteiger partial charge < -0.3 is 19.0 Å². The molecule has 2 heterocycles. The molecular formula is C20H28N2O5. The van der Waals surface area contributed by atoms with E-state index in [0.29, 0.717) is 13.1 Å². The Balaban J connectivity index is 1.76. The van der Waals surface area contributed by atoms with Crippen LogP contribution in [0.5, 0.6) is 0 Å². The Bertz CT molecular complexity index is 635. The number of carbonyl (C=O) groups excluding carboxylic acids is 2. The fourth-order valence-electron chi connectivity index (χ4n) is 4.27. The molecule has 0 N–H and O–H groups in total. The van der Waals surface area contributed by atoms with E-state index in [1.165, 1.54) is 0 Å². The third kappa shape index (κ3) is 3.85. The molecule has 0 aromatic heterocycles. The van der Waals surface area contributed by atoms with Crippen molar-refractivity contribution in [3.63, 3.8) is 0 Å². The Morgan fingerprint density at radius 3 is 2.52 bits per heavy atom. The first-order chi connectivity index (χ1) is 13.2. The lowest BCUT2D eigenvalue weighted by Crippen LogP contribution is -2.65. The van der Waals surface area contributed by atoms with Crippen molar-refractivity contribution >= 4 is 12.4 Å². The SMILES string of the molecule is COC(OC)(C1CCCN1C(=O)OCc1ccccc1)N1CCCC1C=O. The van der Waals surface area contributed by atoms with Crippen LogP contribution in [0.4, 0.5) is 4.79 Å². The molecule has 1 amide bonds. The highest BCUT2D eigenvalue weighted by Crippen LogP contribution is 2.37. The predicted molar refractivity (Wildman–Crippen MR) is 98.9 cm³/mol. The van der Waals surface area contributed by atoms with E-state index in [4.69, 9.17) is 14.2 Å². The van der Waals surface area contributed by atoms with Gasteiger partial charge in [-0.15, -0.1) is 0 Å². The van der Waals surface area contributed by atoms with Gasteiger partial charge in [-0.05, 0) is 31.2 Å². The van der Waals surface area contributed by atoms with Crippen molar-refractivity contribution in [1.29, 1.82) is 0 Å². The number of hydrogen-bond acceptors (Lipinski definition) is 6. The first-order valence-corrected chi connectivity index (χ1v) is 9.46. The van der Waals surface area contributed by atoms with Crippen molar-refractivity contribution in [2.75, 3.05) is 27.3 Å². The molecule has 2 aliphatic rings. The Hall–Kier alpha value is -1.96. The molecule has 7 heteroatoms. The number of benzene rings is 1. The molecule has 7 nitrogen and oxygen atoms in total. The van der Waals surface area contributed by atoms with Crippen LogP contribution >= 0.6 is 0 Å². The van der Waals surface area contributed by atoms with E-state index in [9.17, 15) is 9.59 Å². The summed E-state index contributed by atoms with van der Waals surface area (Å²) in [6, 6.07) is 8.98. The third-order valence-corrected chi connectivity index (χ3v) is 5.56. The van der Waals surface area contributed by atoms with Crippen molar-refractivity contribution in [1.82, 2.24) is 9.80 Å². The van der Waals surface area contributed by atoms with Crippen LogP contribution in [0.1, 0.15) is 31.2 Å². The highest BCUT2D eigenvalue weighted by molar-refractivity contribution is 5.68. The van der Waals surface area contributed by atoms with Crippen LogP contribution in [0.15, 0.2) is 30.3 Å². The number of hydrogen-bond donors (Lipinski definition) is 0. The third-order valence-electron chi connectivity index (χ3n) is 5.56. The lowest BCUT2D eigenvalue weighted by molar-refractivity contribution is -0.319. The van der Waals surface area contributed by atoms with Crippen molar-refractivity contribution in [3.05, 3.63) is 35.9 Å². The summed E-state index contributed by atoms with van der Waals surface area (Å²) in [6.07, 6.45) is 3.77. The summed E-state index contributed by atoms with van der Waals surface area (Å²) in [4.78, 5) is 27.9. The summed E-state index contributed by atoms with van der Waals surface area (Å²) < 4.78 is 17.2. The van der Waals surface area contributed by atoms with E-state index in [1.54, 1.807) is 19.1 Å². The van der Waals surface area contributed by atoms with E-state index in [0.717, 1.165) is 37.5 Å². The largest absolute Gasteiger partial charge is 0.445 e. The number of aldehydes is 1. The summed E-state index contributed by atoms with van der Waals surface area (Å²) in [5.74, 6) is -1.15.